The Morgan fingerprint density at radius 1 is 1.16 bits per heavy atom. The molecule has 1 fully saturated rings. The Morgan fingerprint density at radius 3 is 2.21 bits per heavy atom. The molecule has 100 valence electrons. The number of rotatable bonds is 3. The van der Waals surface area contributed by atoms with Gasteiger partial charge in [-0.15, -0.1) is 0 Å². The Hall–Kier alpha value is -1.49. The lowest BCUT2D eigenvalue weighted by Gasteiger charge is -2.14. The molecule has 2 rings (SSSR count). The van der Waals surface area contributed by atoms with Crippen LogP contribution in [0.1, 0.15) is 24.2 Å². The van der Waals surface area contributed by atoms with Crippen molar-refractivity contribution in [3.63, 3.8) is 0 Å². The Kier molecular flexibility index (Phi) is 3.85. The van der Waals surface area contributed by atoms with Crippen molar-refractivity contribution in [2.24, 2.45) is 11.8 Å². The molecule has 0 radical (unpaired) electrons. The summed E-state index contributed by atoms with van der Waals surface area (Å²) in [5.41, 5.74) is 0.482. The van der Waals surface area contributed by atoms with Gasteiger partial charge < -0.3 is 0 Å². The minimum absolute atomic E-state index is 0.186. The number of nitrogens with zero attached hydrogens (tertiary/aromatic N) is 1. The van der Waals surface area contributed by atoms with Gasteiger partial charge in [0.1, 0.15) is 0 Å². The van der Waals surface area contributed by atoms with Crippen molar-refractivity contribution in [1.82, 2.24) is 4.90 Å². The van der Waals surface area contributed by atoms with E-state index in [0.29, 0.717) is 10.0 Å². The third-order valence-electron chi connectivity index (χ3n) is 3.54. The van der Waals surface area contributed by atoms with Crippen molar-refractivity contribution in [3.05, 3.63) is 34.3 Å². The highest BCUT2D eigenvalue weighted by Gasteiger charge is 2.42. The number of carbonyl (C=O) groups excluding carboxylic acids is 3. The van der Waals surface area contributed by atoms with Gasteiger partial charge in [0.15, 0.2) is 5.78 Å². The molecular weight excluding hydrogens is 310 g/mol. The quantitative estimate of drug-likeness (QED) is 0.633. The van der Waals surface area contributed by atoms with Crippen LogP contribution in [0.3, 0.4) is 0 Å². The van der Waals surface area contributed by atoms with Gasteiger partial charge in [-0.25, -0.2) is 0 Å². The molecule has 4 nitrogen and oxygen atoms in total. The van der Waals surface area contributed by atoms with Gasteiger partial charge in [-0.1, -0.05) is 48.0 Å². The van der Waals surface area contributed by atoms with E-state index in [1.54, 1.807) is 38.1 Å². The van der Waals surface area contributed by atoms with Crippen molar-refractivity contribution in [1.29, 1.82) is 0 Å². The predicted molar refractivity (Wildman–Crippen MR) is 73.5 cm³/mol. The van der Waals surface area contributed by atoms with E-state index in [1.807, 2.05) is 0 Å². The number of halogens is 1. The Balaban J connectivity index is 2.19. The summed E-state index contributed by atoms with van der Waals surface area (Å²) >= 11 is 3.29. The second-order valence-corrected chi connectivity index (χ2v) is 5.60. The molecule has 5 heteroatoms. The Morgan fingerprint density at radius 2 is 1.68 bits per heavy atom. The third kappa shape index (κ3) is 2.47. The summed E-state index contributed by atoms with van der Waals surface area (Å²) in [6.45, 7) is 3.25. The van der Waals surface area contributed by atoms with Gasteiger partial charge in [0.05, 0.1) is 6.54 Å². The van der Waals surface area contributed by atoms with Crippen LogP contribution < -0.4 is 0 Å². The van der Waals surface area contributed by atoms with Crippen LogP contribution in [0.2, 0.25) is 0 Å². The maximum atomic E-state index is 12.1. The van der Waals surface area contributed by atoms with Gasteiger partial charge in [0.2, 0.25) is 11.8 Å². The molecule has 1 aromatic rings. The fourth-order valence-electron chi connectivity index (χ4n) is 2.10. The molecule has 0 saturated carbocycles. The summed E-state index contributed by atoms with van der Waals surface area (Å²) in [5.74, 6) is -1.47. The molecule has 1 aliphatic heterocycles. The standard InChI is InChI=1S/C14H14BrNO3/c1-8-9(2)14(19)16(13(8)18)7-12(17)10-5-3-4-6-11(10)15/h3-6,8-9H,7H2,1-2H3. The lowest BCUT2D eigenvalue weighted by atomic mass is 10.00. The minimum atomic E-state index is -0.348. The molecule has 0 spiro atoms. The molecule has 0 aliphatic carbocycles. The monoisotopic (exact) mass is 323 g/mol. The number of hydrogen-bond acceptors (Lipinski definition) is 3. The van der Waals surface area contributed by atoms with E-state index in [0.717, 1.165) is 4.90 Å². The highest BCUT2D eigenvalue weighted by Crippen LogP contribution is 2.26. The number of likely N-dealkylation sites (tertiary alicyclic amines) is 1. The minimum Gasteiger partial charge on any atom is -0.292 e. The summed E-state index contributed by atoms with van der Waals surface area (Å²) in [5, 5.41) is 0. The molecular formula is C14H14BrNO3. The SMILES string of the molecule is CC1C(=O)N(CC(=O)c2ccccc2Br)C(=O)C1C. The van der Waals surface area contributed by atoms with Gasteiger partial charge in [0, 0.05) is 21.9 Å². The summed E-state index contributed by atoms with van der Waals surface area (Å²) < 4.78 is 0.667. The zero-order chi connectivity index (χ0) is 14.2. The van der Waals surface area contributed by atoms with Crippen molar-refractivity contribution in [2.45, 2.75) is 13.8 Å². The molecule has 1 heterocycles. The summed E-state index contributed by atoms with van der Waals surface area (Å²) in [6, 6.07) is 6.98. The molecule has 0 bridgehead atoms. The summed E-state index contributed by atoms with van der Waals surface area (Å²) in [4.78, 5) is 37.1. The first-order valence-electron chi connectivity index (χ1n) is 6.06. The van der Waals surface area contributed by atoms with E-state index in [2.05, 4.69) is 15.9 Å². The number of amides is 2. The van der Waals surface area contributed by atoms with E-state index < -0.39 is 0 Å². The maximum absolute atomic E-state index is 12.1. The maximum Gasteiger partial charge on any atom is 0.233 e. The average molecular weight is 324 g/mol. The number of Topliss-reactive ketones (excluding diaryl/α,β-unsaturated/α-hetero) is 1. The predicted octanol–water partition coefficient (Wildman–Crippen LogP) is 2.27. The molecule has 1 aromatic carbocycles. The van der Waals surface area contributed by atoms with Crippen molar-refractivity contribution in [2.75, 3.05) is 6.54 Å². The summed E-state index contributed by atoms with van der Waals surface area (Å²) in [7, 11) is 0. The highest BCUT2D eigenvalue weighted by atomic mass is 79.9. The van der Waals surface area contributed by atoms with Gasteiger partial charge in [-0.05, 0) is 6.07 Å². The average Bonchev–Trinajstić information content (AvgIpc) is 2.57. The first-order chi connectivity index (χ1) is 8.93. The number of imide groups is 1. The zero-order valence-corrected chi connectivity index (χ0v) is 12.3. The number of benzene rings is 1. The van der Waals surface area contributed by atoms with Crippen molar-refractivity contribution < 1.29 is 14.4 Å². The highest BCUT2D eigenvalue weighted by molar-refractivity contribution is 9.10. The second kappa shape index (κ2) is 5.25. The van der Waals surface area contributed by atoms with Crippen LogP contribution >= 0.6 is 15.9 Å². The Labute approximate surface area is 119 Å². The molecule has 1 aliphatic rings. The second-order valence-electron chi connectivity index (χ2n) is 4.74. The largest absolute Gasteiger partial charge is 0.292 e. The van der Waals surface area contributed by atoms with Crippen molar-refractivity contribution in [3.8, 4) is 0 Å². The topological polar surface area (TPSA) is 54.5 Å². The van der Waals surface area contributed by atoms with Crippen LogP contribution in [0.15, 0.2) is 28.7 Å². The molecule has 0 N–H and O–H groups in total. The van der Waals surface area contributed by atoms with Gasteiger partial charge in [-0.3, -0.25) is 19.3 Å². The first-order valence-corrected chi connectivity index (χ1v) is 6.85. The van der Waals surface area contributed by atoms with Crippen LogP contribution in [-0.4, -0.2) is 29.0 Å². The van der Waals surface area contributed by atoms with Gasteiger partial charge in [-0.2, -0.15) is 0 Å². The van der Waals surface area contributed by atoms with Crippen LogP contribution in [0, 0.1) is 11.8 Å². The number of carbonyl (C=O) groups is 3. The molecule has 0 aromatic heterocycles. The van der Waals surface area contributed by atoms with E-state index in [4.69, 9.17) is 0 Å². The van der Waals surface area contributed by atoms with E-state index >= 15 is 0 Å². The molecule has 2 amide bonds. The molecule has 2 unspecified atom stereocenters. The Bertz CT molecular complexity index is 535. The van der Waals surface area contributed by atoms with Crippen LogP contribution in [0.5, 0.6) is 0 Å². The fraction of sp³-hybridized carbons (Fsp3) is 0.357. The molecule has 1 saturated heterocycles. The molecule has 2 atom stereocenters. The van der Waals surface area contributed by atoms with E-state index in [1.165, 1.54) is 0 Å². The smallest absolute Gasteiger partial charge is 0.233 e. The fourth-order valence-corrected chi connectivity index (χ4v) is 2.61. The van der Waals surface area contributed by atoms with Gasteiger partial charge in [0.25, 0.3) is 0 Å². The first kappa shape index (κ1) is 13.9. The lowest BCUT2D eigenvalue weighted by molar-refractivity contribution is -0.139. The molecule has 19 heavy (non-hydrogen) atoms. The zero-order valence-electron chi connectivity index (χ0n) is 10.7. The van der Waals surface area contributed by atoms with Gasteiger partial charge >= 0.3 is 0 Å². The van der Waals surface area contributed by atoms with Crippen molar-refractivity contribution >= 4 is 33.5 Å². The number of ketones is 1. The van der Waals surface area contributed by atoms with Crippen LogP contribution in [-0.2, 0) is 9.59 Å². The lowest BCUT2D eigenvalue weighted by Crippen LogP contribution is -2.35. The van der Waals surface area contributed by atoms with E-state index in [-0.39, 0.29) is 36.0 Å². The third-order valence-corrected chi connectivity index (χ3v) is 4.23. The van der Waals surface area contributed by atoms with E-state index in [9.17, 15) is 14.4 Å². The number of hydrogen-bond donors (Lipinski definition) is 0. The van der Waals surface area contributed by atoms with Crippen LogP contribution in [0.4, 0.5) is 0 Å². The normalized spacial score (nSPS) is 23.0. The van der Waals surface area contributed by atoms with Crippen LogP contribution in [0.25, 0.3) is 0 Å². The summed E-state index contributed by atoms with van der Waals surface area (Å²) in [6.07, 6.45) is 0.